The Morgan fingerprint density at radius 2 is 2.25 bits per heavy atom. The third-order valence-electron chi connectivity index (χ3n) is 2.82. The molecule has 0 spiro atoms. The standard InChI is InChI=1S/C11H12ClN3S/c1-6(2)8-3-10-13-9-5-16-4-7(9)11(12)15(10)14-8/h3,6H,4-5H2,1-2H3. The van der Waals surface area contributed by atoms with Crippen LogP contribution < -0.4 is 0 Å². The van der Waals surface area contributed by atoms with Gasteiger partial charge in [0.2, 0.25) is 0 Å². The van der Waals surface area contributed by atoms with Crippen molar-refractivity contribution in [3.8, 4) is 0 Å². The SMILES string of the molecule is CC(C)c1cc2nc3c(c(Cl)n2n1)CSC3. The van der Waals surface area contributed by atoms with Crippen LogP contribution in [0.4, 0.5) is 0 Å². The fourth-order valence-electron chi connectivity index (χ4n) is 1.86. The van der Waals surface area contributed by atoms with Crippen LogP contribution in [0.3, 0.4) is 0 Å². The molecule has 1 aliphatic rings. The van der Waals surface area contributed by atoms with Crippen LogP contribution in [-0.4, -0.2) is 14.6 Å². The second-order valence-corrected chi connectivity index (χ2v) is 5.66. The molecule has 16 heavy (non-hydrogen) atoms. The lowest BCUT2D eigenvalue weighted by molar-refractivity contribution is 0.784. The zero-order valence-electron chi connectivity index (χ0n) is 9.20. The lowest BCUT2D eigenvalue weighted by atomic mass is 10.1. The summed E-state index contributed by atoms with van der Waals surface area (Å²) in [6, 6.07) is 2.03. The topological polar surface area (TPSA) is 30.2 Å². The van der Waals surface area contributed by atoms with E-state index < -0.39 is 0 Å². The van der Waals surface area contributed by atoms with Gasteiger partial charge in [0.05, 0.1) is 11.4 Å². The Labute approximate surface area is 103 Å². The van der Waals surface area contributed by atoms with Crippen molar-refractivity contribution < 1.29 is 0 Å². The van der Waals surface area contributed by atoms with E-state index >= 15 is 0 Å². The van der Waals surface area contributed by atoms with E-state index in [2.05, 4.69) is 23.9 Å². The number of aromatic nitrogens is 3. The van der Waals surface area contributed by atoms with Gasteiger partial charge in [-0.15, -0.1) is 0 Å². The molecule has 3 nitrogen and oxygen atoms in total. The molecule has 2 aromatic rings. The third-order valence-corrected chi connectivity index (χ3v) is 4.18. The molecule has 0 aliphatic carbocycles. The van der Waals surface area contributed by atoms with Crippen molar-refractivity contribution >= 4 is 29.0 Å². The largest absolute Gasteiger partial charge is 0.232 e. The number of fused-ring (bicyclic) bond motifs is 2. The van der Waals surface area contributed by atoms with E-state index in [0.717, 1.165) is 39.3 Å². The highest BCUT2D eigenvalue weighted by molar-refractivity contribution is 7.98. The van der Waals surface area contributed by atoms with Gasteiger partial charge >= 0.3 is 0 Å². The predicted molar refractivity (Wildman–Crippen MR) is 67.1 cm³/mol. The maximum Gasteiger partial charge on any atom is 0.157 e. The van der Waals surface area contributed by atoms with Crippen LogP contribution in [0, 0.1) is 0 Å². The van der Waals surface area contributed by atoms with Gasteiger partial charge in [-0.05, 0) is 5.92 Å². The second-order valence-electron chi connectivity index (χ2n) is 4.31. The van der Waals surface area contributed by atoms with E-state index in [1.807, 2.05) is 17.8 Å². The minimum Gasteiger partial charge on any atom is -0.232 e. The molecule has 0 N–H and O–H groups in total. The molecule has 0 radical (unpaired) electrons. The average molecular weight is 254 g/mol. The normalized spacial score (nSPS) is 15.0. The Balaban J connectivity index is 2.28. The van der Waals surface area contributed by atoms with Gasteiger partial charge in [0.1, 0.15) is 5.15 Å². The molecule has 1 aliphatic heterocycles. The summed E-state index contributed by atoms with van der Waals surface area (Å²) in [7, 11) is 0. The molecule has 84 valence electrons. The summed E-state index contributed by atoms with van der Waals surface area (Å²) >= 11 is 8.21. The number of hydrogen-bond acceptors (Lipinski definition) is 3. The van der Waals surface area contributed by atoms with Crippen molar-refractivity contribution in [3.05, 3.63) is 28.2 Å². The Kier molecular flexibility index (Phi) is 2.37. The number of halogens is 1. The van der Waals surface area contributed by atoms with E-state index in [0.29, 0.717) is 5.92 Å². The molecule has 5 heteroatoms. The van der Waals surface area contributed by atoms with Gasteiger partial charge in [-0.2, -0.15) is 16.9 Å². The minimum atomic E-state index is 0.405. The molecule has 0 amide bonds. The van der Waals surface area contributed by atoms with Crippen LogP contribution in [0.2, 0.25) is 5.15 Å². The molecule has 0 aromatic carbocycles. The maximum atomic E-state index is 6.35. The summed E-state index contributed by atoms with van der Waals surface area (Å²) in [6.45, 7) is 4.25. The molecular formula is C11H12ClN3S. The third kappa shape index (κ3) is 1.44. The van der Waals surface area contributed by atoms with Crippen molar-refractivity contribution in [1.82, 2.24) is 14.6 Å². The molecule has 0 fully saturated rings. The van der Waals surface area contributed by atoms with Crippen LogP contribution in [-0.2, 0) is 11.5 Å². The summed E-state index contributed by atoms with van der Waals surface area (Å²) in [5.74, 6) is 2.32. The van der Waals surface area contributed by atoms with Crippen LogP contribution in [0.25, 0.3) is 5.65 Å². The summed E-state index contributed by atoms with van der Waals surface area (Å²) in [4.78, 5) is 4.61. The maximum absolute atomic E-state index is 6.35. The highest BCUT2D eigenvalue weighted by Crippen LogP contribution is 2.34. The van der Waals surface area contributed by atoms with Gasteiger partial charge in [0.15, 0.2) is 5.65 Å². The zero-order chi connectivity index (χ0) is 11.3. The van der Waals surface area contributed by atoms with Gasteiger partial charge in [-0.25, -0.2) is 9.50 Å². The van der Waals surface area contributed by atoms with E-state index in [4.69, 9.17) is 11.6 Å². The lowest BCUT2D eigenvalue weighted by Gasteiger charge is -2.02. The van der Waals surface area contributed by atoms with Crippen molar-refractivity contribution in [3.63, 3.8) is 0 Å². The van der Waals surface area contributed by atoms with Crippen molar-refractivity contribution in [2.45, 2.75) is 31.3 Å². The predicted octanol–water partition coefficient (Wildman–Crippen LogP) is 3.25. The van der Waals surface area contributed by atoms with Gasteiger partial charge in [0.25, 0.3) is 0 Å². The van der Waals surface area contributed by atoms with Gasteiger partial charge in [-0.3, -0.25) is 0 Å². The summed E-state index contributed by atoms with van der Waals surface area (Å²) in [5.41, 5.74) is 4.19. The monoisotopic (exact) mass is 253 g/mol. The summed E-state index contributed by atoms with van der Waals surface area (Å²) < 4.78 is 1.77. The second kappa shape index (κ2) is 3.64. The van der Waals surface area contributed by atoms with Gasteiger partial charge in [0, 0.05) is 23.1 Å². The van der Waals surface area contributed by atoms with Crippen LogP contribution in [0.1, 0.15) is 36.7 Å². The molecule has 0 saturated carbocycles. The van der Waals surface area contributed by atoms with Crippen molar-refractivity contribution in [2.75, 3.05) is 0 Å². The van der Waals surface area contributed by atoms with Crippen molar-refractivity contribution in [1.29, 1.82) is 0 Å². The lowest BCUT2D eigenvalue weighted by Crippen LogP contribution is -1.99. The van der Waals surface area contributed by atoms with E-state index in [-0.39, 0.29) is 0 Å². The zero-order valence-corrected chi connectivity index (χ0v) is 10.8. The quantitative estimate of drug-likeness (QED) is 0.731. The number of rotatable bonds is 1. The molecule has 0 atom stereocenters. The number of hydrogen-bond donors (Lipinski definition) is 0. The fraction of sp³-hybridized carbons (Fsp3) is 0.455. The summed E-state index contributed by atoms with van der Waals surface area (Å²) in [6.07, 6.45) is 0. The molecule has 2 aromatic heterocycles. The highest BCUT2D eigenvalue weighted by Gasteiger charge is 2.20. The summed E-state index contributed by atoms with van der Waals surface area (Å²) in [5, 5.41) is 5.24. The first-order valence-corrected chi connectivity index (χ1v) is 6.84. The Bertz CT molecular complexity index is 562. The number of thioether (sulfide) groups is 1. The molecule has 3 heterocycles. The minimum absolute atomic E-state index is 0.405. The molecule has 0 bridgehead atoms. The first kappa shape index (κ1) is 10.4. The average Bonchev–Trinajstić information content (AvgIpc) is 2.83. The van der Waals surface area contributed by atoms with Gasteiger partial charge < -0.3 is 0 Å². The van der Waals surface area contributed by atoms with E-state index in [1.54, 1.807) is 4.52 Å². The van der Waals surface area contributed by atoms with E-state index in [1.165, 1.54) is 0 Å². The molecule has 0 saturated heterocycles. The van der Waals surface area contributed by atoms with Crippen molar-refractivity contribution in [2.24, 2.45) is 0 Å². The first-order chi connectivity index (χ1) is 7.66. The highest BCUT2D eigenvalue weighted by atomic mass is 35.5. The van der Waals surface area contributed by atoms with Crippen LogP contribution in [0.15, 0.2) is 6.07 Å². The van der Waals surface area contributed by atoms with Crippen LogP contribution in [0.5, 0.6) is 0 Å². The Morgan fingerprint density at radius 3 is 3.00 bits per heavy atom. The molecule has 0 unspecified atom stereocenters. The first-order valence-electron chi connectivity index (χ1n) is 5.31. The van der Waals surface area contributed by atoms with Gasteiger partial charge in [-0.1, -0.05) is 25.4 Å². The fourth-order valence-corrected chi connectivity index (χ4v) is 3.28. The van der Waals surface area contributed by atoms with Crippen LogP contribution >= 0.6 is 23.4 Å². The Morgan fingerprint density at radius 1 is 1.44 bits per heavy atom. The smallest absolute Gasteiger partial charge is 0.157 e. The number of nitrogens with zero attached hydrogens (tertiary/aromatic N) is 3. The molecule has 3 rings (SSSR count). The molecular weight excluding hydrogens is 242 g/mol. The Hall–Kier alpha value is -0.740. The van der Waals surface area contributed by atoms with E-state index in [9.17, 15) is 0 Å².